The number of carbonyl (C=O) groups excluding carboxylic acids is 1. The average molecular weight is 198 g/mol. The number of amides is 1. The zero-order chi connectivity index (χ0) is 10.6. The van der Waals surface area contributed by atoms with Gasteiger partial charge in [0.05, 0.1) is 12.3 Å². The predicted octanol–water partition coefficient (Wildman–Crippen LogP) is 1.23. The maximum atomic E-state index is 11.5. The molecular weight excluding hydrogens is 184 g/mol. The number of nitrogens with one attached hydrogen (secondary N) is 1. The summed E-state index contributed by atoms with van der Waals surface area (Å²) < 4.78 is 4.92. The van der Waals surface area contributed by atoms with E-state index in [1.165, 1.54) is 0 Å². The average Bonchev–Trinajstić information content (AvgIpc) is 2.56. The molecule has 0 unspecified atom stereocenters. The molecule has 0 saturated carbocycles. The molecule has 1 heterocycles. The topological polar surface area (TPSA) is 64.4 Å². The van der Waals surface area contributed by atoms with Gasteiger partial charge in [0.25, 0.3) is 5.91 Å². The molecule has 1 rings (SSSR count). The van der Waals surface area contributed by atoms with Crippen LogP contribution < -0.4 is 5.48 Å². The molecule has 78 valence electrons. The third-order valence-corrected chi connectivity index (χ3v) is 1.80. The van der Waals surface area contributed by atoms with Gasteiger partial charge in [0.2, 0.25) is 0 Å². The Morgan fingerprint density at radius 1 is 1.57 bits per heavy atom. The minimum absolute atomic E-state index is 0.303. The largest absolute Gasteiger partial charge is 0.361 e. The molecule has 14 heavy (non-hydrogen) atoms. The van der Waals surface area contributed by atoms with Crippen molar-refractivity contribution in [2.45, 2.75) is 27.2 Å². The Hall–Kier alpha value is -1.36. The van der Waals surface area contributed by atoms with Crippen molar-refractivity contribution < 1.29 is 14.2 Å². The Labute approximate surface area is 82.4 Å². The summed E-state index contributed by atoms with van der Waals surface area (Å²) in [5.74, 6) is 0.210. The van der Waals surface area contributed by atoms with Gasteiger partial charge in [-0.3, -0.25) is 9.63 Å². The van der Waals surface area contributed by atoms with E-state index < -0.39 is 0 Å². The van der Waals surface area contributed by atoms with Gasteiger partial charge in [0.1, 0.15) is 11.3 Å². The van der Waals surface area contributed by atoms with Crippen LogP contribution >= 0.6 is 0 Å². The molecule has 0 aliphatic carbocycles. The van der Waals surface area contributed by atoms with Crippen LogP contribution in [0.4, 0.5) is 0 Å². The lowest BCUT2D eigenvalue weighted by atomic mass is 10.1. The Balaban J connectivity index is 2.82. The standard InChI is InChI=1S/C9H14N2O3/c1-4-7-8(6(3)14-10-7)9(12)11-13-5-2/h4-5H2,1-3H3,(H,11,12). The second kappa shape index (κ2) is 4.76. The minimum atomic E-state index is -0.303. The van der Waals surface area contributed by atoms with E-state index in [0.29, 0.717) is 30.0 Å². The van der Waals surface area contributed by atoms with Crippen LogP contribution in [0.15, 0.2) is 4.52 Å². The highest BCUT2D eigenvalue weighted by Crippen LogP contribution is 2.13. The number of carbonyl (C=O) groups is 1. The quantitative estimate of drug-likeness (QED) is 0.739. The summed E-state index contributed by atoms with van der Waals surface area (Å²) in [4.78, 5) is 16.3. The molecule has 5 nitrogen and oxygen atoms in total. The third-order valence-electron chi connectivity index (χ3n) is 1.80. The molecule has 0 aliphatic heterocycles. The zero-order valence-electron chi connectivity index (χ0n) is 8.59. The summed E-state index contributed by atoms with van der Waals surface area (Å²) in [6, 6.07) is 0. The summed E-state index contributed by atoms with van der Waals surface area (Å²) >= 11 is 0. The van der Waals surface area contributed by atoms with Crippen molar-refractivity contribution in [3.05, 3.63) is 17.0 Å². The number of hydrogen-bond donors (Lipinski definition) is 1. The molecule has 5 heteroatoms. The lowest BCUT2D eigenvalue weighted by Crippen LogP contribution is -2.24. The lowest BCUT2D eigenvalue weighted by Gasteiger charge is -2.02. The first-order valence-corrected chi connectivity index (χ1v) is 4.57. The highest BCUT2D eigenvalue weighted by atomic mass is 16.6. The van der Waals surface area contributed by atoms with Crippen molar-refractivity contribution in [2.75, 3.05) is 6.61 Å². The minimum Gasteiger partial charge on any atom is -0.361 e. The van der Waals surface area contributed by atoms with E-state index in [9.17, 15) is 4.79 Å². The SMILES string of the molecule is CCONC(=O)c1c(CC)noc1C. The number of rotatable bonds is 4. The highest BCUT2D eigenvalue weighted by Gasteiger charge is 2.18. The Kier molecular flexibility index (Phi) is 3.64. The monoisotopic (exact) mass is 198 g/mol. The van der Waals surface area contributed by atoms with Gasteiger partial charge in [0.15, 0.2) is 0 Å². The summed E-state index contributed by atoms with van der Waals surface area (Å²) in [6.45, 7) is 5.83. The summed E-state index contributed by atoms with van der Waals surface area (Å²) in [6.07, 6.45) is 0.659. The maximum absolute atomic E-state index is 11.5. The summed E-state index contributed by atoms with van der Waals surface area (Å²) in [7, 11) is 0. The van der Waals surface area contributed by atoms with Crippen molar-refractivity contribution in [1.29, 1.82) is 0 Å². The summed E-state index contributed by atoms with van der Waals surface area (Å²) in [5, 5.41) is 3.77. The highest BCUT2D eigenvalue weighted by molar-refractivity contribution is 5.95. The van der Waals surface area contributed by atoms with Crippen LogP contribution in [0, 0.1) is 6.92 Å². The normalized spacial score (nSPS) is 10.2. The van der Waals surface area contributed by atoms with Crippen molar-refractivity contribution >= 4 is 5.91 Å². The number of nitrogens with zero attached hydrogens (tertiary/aromatic N) is 1. The first-order valence-electron chi connectivity index (χ1n) is 4.57. The van der Waals surface area contributed by atoms with Gasteiger partial charge in [-0.05, 0) is 20.3 Å². The fourth-order valence-electron chi connectivity index (χ4n) is 1.14. The first kappa shape index (κ1) is 10.7. The molecular formula is C9H14N2O3. The van der Waals surface area contributed by atoms with Crippen LogP contribution in [-0.2, 0) is 11.3 Å². The van der Waals surface area contributed by atoms with Crippen LogP contribution in [-0.4, -0.2) is 17.7 Å². The number of hydrogen-bond acceptors (Lipinski definition) is 4. The molecule has 0 fully saturated rings. The van der Waals surface area contributed by atoms with Gasteiger partial charge in [-0.1, -0.05) is 12.1 Å². The van der Waals surface area contributed by atoms with Crippen LogP contribution in [0.5, 0.6) is 0 Å². The van der Waals surface area contributed by atoms with Crippen molar-refractivity contribution in [2.24, 2.45) is 0 Å². The smallest absolute Gasteiger partial charge is 0.280 e. The zero-order valence-corrected chi connectivity index (χ0v) is 8.59. The van der Waals surface area contributed by atoms with Crippen molar-refractivity contribution in [3.63, 3.8) is 0 Å². The van der Waals surface area contributed by atoms with Gasteiger partial charge < -0.3 is 4.52 Å². The molecule has 0 aromatic carbocycles. The van der Waals surface area contributed by atoms with E-state index in [-0.39, 0.29) is 5.91 Å². The van der Waals surface area contributed by atoms with Crippen LogP contribution in [0.3, 0.4) is 0 Å². The van der Waals surface area contributed by atoms with Gasteiger partial charge in [-0.15, -0.1) is 0 Å². The van der Waals surface area contributed by atoms with Crippen LogP contribution in [0.25, 0.3) is 0 Å². The Bertz CT molecular complexity index is 320. The molecule has 0 spiro atoms. The van der Waals surface area contributed by atoms with Crippen LogP contribution in [0.2, 0.25) is 0 Å². The van der Waals surface area contributed by atoms with Gasteiger partial charge >= 0.3 is 0 Å². The first-order chi connectivity index (χ1) is 6.70. The molecule has 1 aromatic heterocycles. The van der Waals surface area contributed by atoms with Crippen LogP contribution in [0.1, 0.15) is 35.7 Å². The molecule has 0 radical (unpaired) electrons. The molecule has 1 aromatic rings. The van der Waals surface area contributed by atoms with E-state index in [1.807, 2.05) is 6.92 Å². The van der Waals surface area contributed by atoms with Gasteiger partial charge in [-0.25, -0.2) is 5.48 Å². The molecule has 0 bridgehead atoms. The molecule has 1 N–H and O–H groups in total. The third kappa shape index (κ3) is 2.11. The second-order valence-corrected chi connectivity index (χ2v) is 2.78. The van der Waals surface area contributed by atoms with Gasteiger partial charge in [0, 0.05) is 0 Å². The van der Waals surface area contributed by atoms with E-state index >= 15 is 0 Å². The van der Waals surface area contributed by atoms with Gasteiger partial charge in [-0.2, -0.15) is 0 Å². The van der Waals surface area contributed by atoms with E-state index in [0.717, 1.165) is 0 Å². The van der Waals surface area contributed by atoms with E-state index in [4.69, 9.17) is 9.36 Å². The van der Waals surface area contributed by atoms with Crippen molar-refractivity contribution in [1.82, 2.24) is 10.6 Å². The van der Waals surface area contributed by atoms with E-state index in [1.54, 1.807) is 13.8 Å². The van der Waals surface area contributed by atoms with E-state index in [2.05, 4.69) is 10.6 Å². The molecule has 0 atom stereocenters. The molecule has 1 amide bonds. The fraction of sp³-hybridized carbons (Fsp3) is 0.556. The number of aryl methyl sites for hydroxylation is 2. The molecule has 0 aliphatic rings. The lowest BCUT2D eigenvalue weighted by molar-refractivity contribution is 0.0362. The fourth-order valence-corrected chi connectivity index (χ4v) is 1.14. The second-order valence-electron chi connectivity index (χ2n) is 2.78. The predicted molar refractivity (Wildman–Crippen MR) is 49.7 cm³/mol. The Morgan fingerprint density at radius 2 is 2.29 bits per heavy atom. The maximum Gasteiger partial charge on any atom is 0.280 e. The summed E-state index contributed by atoms with van der Waals surface area (Å²) in [5.41, 5.74) is 3.44. The number of aromatic nitrogens is 1. The van der Waals surface area contributed by atoms with Crippen molar-refractivity contribution in [3.8, 4) is 0 Å². The molecule has 0 saturated heterocycles. The number of hydroxylamine groups is 1. The Morgan fingerprint density at radius 3 is 2.86 bits per heavy atom.